The largest absolute Gasteiger partial charge is 0.395 e. The third-order valence-corrected chi connectivity index (χ3v) is 3.62. The summed E-state index contributed by atoms with van der Waals surface area (Å²) in [6, 6.07) is 11.2. The highest BCUT2D eigenvalue weighted by Gasteiger charge is 2.26. The summed E-state index contributed by atoms with van der Waals surface area (Å²) in [7, 11) is 2.02. The number of hydrogen-bond acceptors (Lipinski definition) is 3. The summed E-state index contributed by atoms with van der Waals surface area (Å²) in [5.41, 5.74) is 1.41. The summed E-state index contributed by atoms with van der Waals surface area (Å²) >= 11 is 0. The first kappa shape index (κ1) is 12.6. The van der Waals surface area contributed by atoms with Crippen LogP contribution in [0.15, 0.2) is 30.3 Å². The molecule has 1 aliphatic heterocycles. The maximum absolute atomic E-state index is 9.07. The van der Waals surface area contributed by atoms with E-state index in [0.717, 1.165) is 19.6 Å². The Kier molecular flexibility index (Phi) is 4.54. The Labute approximate surface area is 103 Å². The van der Waals surface area contributed by atoms with Gasteiger partial charge in [0.15, 0.2) is 0 Å². The topological polar surface area (TPSA) is 35.5 Å². The molecule has 0 aromatic heterocycles. The number of β-amino-alcohol motifs (C(OH)–C–C–N with tert-alkyl or cyclic N) is 1. The number of piperidine rings is 1. The fourth-order valence-corrected chi connectivity index (χ4v) is 2.69. The Bertz CT molecular complexity index is 328. The number of aliphatic hydroxyl groups excluding tert-OH is 1. The standard InChI is InChI=1S/C14H22N2O/c1-15-14-9-13(10-16(11-14)7-8-17)12-5-3-2-4-6-12/h2-6,13-15,17H,7-11H2,1H3. The van der Waals surface area contributed by atoms with Gasteiger partial charge >= 0.3 is 0 Å². The van der Waals surface area contributed by atoms with E-state index in [1.165, 1.54) is 12.0 Å². The predicted octanol–water partition coefficient (Wildman–Crippen LogP) is 1.06. The maximum atomic E-state index is 9.07. The highest BCUT2D eigenvalue weighted by molar-refractivity contribution is 5.21. The van der Waals surface area contributed by atoms with E-state index in [9.17, 15) is 0 Å². The zero-order valence-electron chi connectivity index (χ0n) is 10.5. The summed E-state index contributed by atoms with van der Waals surface area (Å²) in [4.78, 5) is 2.35. The summed E-state index contributed by atoms with van der Waals surface area (Å²) in [6.45, 7) is 3.13. The van der Waals surface area contributed by atoms with Gasteiger partial charge in [0.2, 0.25) is 0 Å². The van der Waals surface area contributed by atoms with E-state index in [4.69, 9.17) is 5.11 Å². The molecule has 2 atom stereocenters. The second-order valence-corrected chi connectivity index (χ2v) is 4.81. The van der Waals surface area contributed by atoms with E-state index in [1.807, 2.05) is 7.05 Å². The van der Waals surface area contributed by atoms with Crippen LogP contribution < -0.4 is 5.32 Å². The molecule has 0 radical (unpaired) electrons. The predicted molar refractivity (Wildman–Crippen MR) is 70.2 cm³/mol. The van der Waals surface area contributed by atoms with Crippen LogP contribution in [0.5, 0.6) is 0 Å². The Morgan fingerprint density at radius 3 is 2.71 bits per heavy atom. The lowest BCUT2D eigenvalue weighted by Gasteiger charge is -2.37. The highest BCUT2D eigenvalue weighted by Crippen LogP contribution is 2.26. The molecule has 1 aliphatic rings. The molecular weight excluding hydrogens is 212 g/mol. The van der Waals surface area contributed by atoms with E-state index in [-0.39, 0.29) is 6.61 Å². The molecule has 3 heteroatoms. The molecule has 2 N–H and O–H groups in total. The molecule has 0 saturated carbocycles. The first-order valence-electron chi connectivity index (χ1n) is 6.39. The van der Waals surface area contributed by atoms with E-state index < -0.39 is 0 Å². The molecule has 3 nitrogen and oxygen atoms in total. The van der Waals surface area contributed by atoms with Crippen molar-refractivity contribution in [2.24, 2.45) is 0 Å². The smallest absolute Gasteiger partial charge is 0.0558 e. The number of benzene rings is 1. The van der Waals surface area contributed by atoms with Crippen molar-refractivity contribution in [1.29, 1.82) is 0 Å². The molecule has 17 heavy (non-hydrogen) atoms. The van der Waals surface area contributed by atoms with Crippen LogP contribution in [0.4, 0.5) is 0 Å². The summed E-state index contributed by atoms with van der Waals surface area (Å²) in [6.07, 6.45) is 1.18. The zero-order valence-corrected chi connectivity index (χ0v) is 10.5. The quantitative estimate of drug-likeness (QED) is 0.817. The second kappa shape index (κ2) is 6.15. The molecule has 94 valence electrons. The van der Waals surface area contributed by atoms with Crippen LogP contribution in [0, 0.1) is 0 Å². The average Bonchev–Trinajstić information content (AvgIpc) is 2.40. The number of likely N-dealkylation sites (tertiary alicyclic amines) is 1. The number of hydrogen-bond donors (Lipinski definition) is 2. The van der Waals surface area contributed by atoms with E-state index >= 15 is 0 Å². The van der Waals surface area contributed by atoms with Gasteiger partial charge in [0.05, 0.1) is 6.61 Å². The minimum atomic E-state index is 0.248. The van der Waals surface area contributed by atoms with Crippen molar-refractivity contribution in [3.05, 3.63) is 35.9 Å². The lowest BCUT2D eigenvalue weighted by atomic mass is 9.88. The van der Waals surface area contributed by atoms with Gasteiger partial charge in [0.25, 0.3) is 0 Å². The number of likely N-dealkylation sites (N-methyl/N-ethyl adjacent to an activating group) is 1. The highest BCUT2D eigenvalue weighted by atomic mass is 16.3. The Balaban J connectivity index is 2.06. The molecule has 2 rings (SSSR count). The molecule has 1 aromatic rings. The third kappa shape index (κ3) is 3.28. The molecular formula is C14H22N2O. The lowest BCUT2D eigenvalue weighted by Crippen LogP contribution is -2.48. The fourth-order valence-electron chi connectivity index (χ4n) is 2.69. The van der Waals surface area contributed by atoms with Crippen molar-refractivity contribution in [1.82, 2.24) is 10.2 Å². The van der Waals surface area contributed by atoms with Crippen molar-refractivity contribution in [3.63, 3.8) is 0 Å². The molecule has 0 aliphatic carbocycles. The molecule has 1 fully saturated rings. The second-order valence-electron chi connectivity index (χ2n) is 4.81. The molecule has 1 heterocycles. The summed E-state index contributed by atoms with van der Waals surface area (Å²) < 4.78 is 0. The molecule has 0 spiro atoms. The van der Waals surface area contributed by atoms with Gasteiger partial charge in [-0.1, -0.05) is 30.3 Å². The van der Waals surface area contributed by atoms with Crippen LogP contribution >= 0.6 is 0 Å². The van der Waals surface area contributed by atoms with Gasteiger partial charge in [-0.25, -0.2) is 0 Å². The number of nitrogens with one attached hydrogen (secondary N) is 1. The fraction of sp³-hybridized carbons (Fsp3) is 0.571. The SMILES string of the molecule is CNC1CC(c2ccccc2)CN(CCO)C1. The van der Waals surface area contributed by atoms with Crippen LogP contribution in [0.2, 0.25) is 0 Å². The van der Waals surface area contributed by atoms with E-state index in [2.05, 4.69) is 40.5 Å². The first-order valence-corrected chi connectivity index (χ1v) is 6.39. The lowest BCUT2D eigenvalue weighted by molar-refractivity contribution is 0.141. The Morgan fingerprint density at radius 1 is 1.29 bits per heavy atom. The summed E-state index contributed by atoms with van der Waals surface area (Å²) in [5, 5.41) is 12.4. The van der Waals surface area contributed by atoms with Crippen LogP contribution in [-0.4, -0.2) is 49.3 Å². The Morgan fingerprint density at radius 2 is 2.06 bits per heavy atom. The van der Waals surface area contributed by atoms with Crippen LogP contribution in [0.1, 0.15) is 17.9 Å². The number of aliphatic hydroxyl groups is 1. The first-order chi connectivity index (χ1) is 8.33. The Hall–Kier alpha value is -0.900. The van der Waals surface area contributed by atoms with Gasteiger partial charge < -0.3 is 10.4 Å². The molecule has 1 saturated heterocycles. The van der Waals surface area contributed by atoms with Gasteiger partial charge in [0, 0.05) is 25.7 Å². The molecule has 2 unspecified atom stereocenters. The zero-order chi connectivity index (χ0) is 12.1. The molecule has 0 bridgehead atoms. The molecule has 1 aromatic carbocycles. The minimum absolute atomic E-state index is 0.248. The van der Waals surface area contributed by atoms with Crippen molar-refractivity contribution >= 4 is 0 Å². The third-order valence-electron chi connectivity index (χ3n) is 3.62. The molecule has 0 amide bonds. The van der Waals surface area contributed by atoms with E-state index in [1.54, 1.807) is 0 Å². The van der Waals surface area contributed by atoms with Crippen molar-refractivity contribution in [2.45, 2.75) is 18.4 Å². The van der Waals surface area contributed by atoms with Gasteiger partial charge in [-0.3, -0.25) is 4.90 Å². The number of nitrogens with zero attached hydrogens (tertiary/aromatic N) is 1. The number of rotatable bonds is 4. The van der Waals surface area contributed by atoms with Crippen LogP contribution in [0.25, 0.3) is 0 Å². The minimum Gasteiger partial charge on any atom is -0.395 e. The van der Waals surface area contributed by atoms with Gasteiger partial charge in [-0.15, -0.1) is 0 Å². The summed E-state index contributed by atoms with van der Waals surface area (Å²) in [5.74, 6) is 0.578. The van der Waals surface area contributed by atoms with Crippen molar-refractivity contribution in [2.75, 3.05) is 33.3 Å². The van der Waals surface area contributed by atoms with Gasteiger partial charge in [-0.2, -0.15) is 0 Å². The normalized spacial score (nSPS) is 26.0. The van der Waals surface area contributed by atoms with Gasteiger partial charge in [0.1, 0.15) is 0 Å². The monoisotopic (exact) mass is 234 g/mol. The van der Waals surface area contributed by atoms with Crippen molar-refractivity contribution < 1.29 is 5.11 Å². The van der Waals surface area contributed by atoms with Crippen LogP contribution in [0.3, 0.4) is 0 Å². The maximum Gasteiger partial charge on any atom is 0.0558 e. The average molecular weight is 234 g/mol. The van der Waals surface area contributed by atoms with E-state index in [0.29, 0.717) is 12.0 Å². The van der Waals surface area contributed by atoms with Gasteiger partial charge in [-0.05, 0) is 24.9 Å². The van der Waals surface area contributed by atoms with Crippen LogP contribution in [-0.2, 0) is 0 Å². The van der Waals surface area contributed by atoms with Crippen molar-refractivity contribution in [3.8, 4) is 0 Å².